The lowest BCUT2D eigenvalue weighted by Gasteiger charge is -2.32. The lowest BCUT2D eigenvalue weighted by atomic mass is 10.1. The van der Waals surface area contributed by atoms with Gasteiger partial charge in [-0.3, -0.25) is 4.90 Å². The maximum Gasteiger partial charge on any atom is 0.123 e. The van der Waals surface area contributed by atoms with Crippen molar-refractivity contribution in [3.8, 4) is 5.75 Å². The average Bonchev–Trinajstić information content (AvgIpc) is 2.39. The predicted molar refractivity (Wildman–Crippen MR) is 73.5 cm³/mol. The van der Waals surface area contributed by atoms with Crippen molar-refractivity contribution < 1.29 is 9.47 Å². The Morgan fingerprint density at radius 1 is 1.50 bits per heavy atom. The van der Waals surface area contributed by atoms with Gasteiger partial charge in [-0.05, 0) is 13.0 Å². The van der Waals surface area contributed by atoms with Gasteiger partial charge in [0.1, 0.15) is 5.75 Å². The number of morpholine rings is 1. The summed E-state index contributed by atoms with van der Waals surface area (Å²) in [5, 5.41) is 0. The molecule has 1 unspecified atom stereocenters. The van der Waals surface area contributed by atoms with Crippen LogP contribution in [0.3, 0.4) is 0 Å². The molecular formula is C14H20ClNO2. The fourth-order valence-corrected chi connectivity index (χ4v) is 2.48. The summed E-state index contributed by atoms with van der Waals surface area (Å²) in [4.78, 5) is 2.37. The van der Waals surface area contributed by atoms with Crippen molar-refractivity contribution in [2.24, 2.45) is 0 Å². The van der Waals surface area contributed by atoms with Crippen LogP contribution in [0.15, 0.2) is 18.2 Å². The molecule has 0 amide bonds. The Morgan fingerprint density at radius 2 is 2.33 bits per heavy atom. The van der Waals surface area contributed by atoms with Crippen LogP contribution in [0, 0.1) is 6.92 Å². The molecule has 0 saturated carbocycles. The lowest BCUT2D eigenvalue weighted by Crippen LogP contribution is -2.42. The van der Waals surface area contributed by atoms with Crippen molar-refractivity contribution in [3.05, 3.63) is 29.3 Å². The summed E-state index contributed by atoms with van der Waals surface area (Å²) < 4.78 is 11.0. The van der Waals surface area contributed by atoms with Crippen LogP contribution < -0.4 is 4.74 Å². The number of hydrogen-bond acceptors (Lipinski definition) is 3. The molecular weight excluding hydrogens is 250 g/mol. The fourth-order valence-electron chi connectivity index (χ4n) is 2.29. The molecule has 18 heavy (non-hydrogen) atoms. The molecule has 1 atom stereocenters. The Kier molecular flexibility index (Phi) is 4.87. The first-order chi connectivity index (χ1) is 8.72. The second-order valence-electron chi connectivity index (χ2n) is 4.70. The van der Waals surface area contributed by atoms with E-state index < -0.39 is 0 Å². The van der Waals surface area contributed by atoms with Crippen molar-refractivity contribution in [1.29, 1.82) is 0 Å². The minimum absolute atomic E-state index is 0.149. The quantitative estimate of drug-likeness (QED) is 0.784. The molecule has 0 spiro atoms. The molecule has 1 aromatic carbocycles. The van der Waals surface area contributed by atoms with Gasteiger partial charge in [-0.15, -0.1) is 11.6 Å². The van der Waals surface area contributed by atoms with Gasteiger partial charge in [0.05, 0.1) is 19.8 Å². The number of benzene rings is 1. The normalized spacial score (nSPS) is 20.9. The summed E-state index contributed by atoms with van der Waals surface area (Å²) in [6.07, 6.45) is 0.149. The number of ether oxygens (including phenoxy) is 2. The third kappa shape index (κ3) is 3.37. The first-order valence-corrected chi connectivity index (χ1v) is 6.80. The molecule has 1 heterocycles. The molecule has 0 bridgehead atoms. The highest BCUT2D eigenvalue weighted by Crippen LogP contribution is 2.22. The molecule has 0 aliphatic carbocycles. The molecule has 1 saturated heterocycles. The van der Waals surface area contributed by atoms with E-state index in [2.05, 4.69) is 24.0 Å². The molecule has 1 fully saturated rings. The Labute approximate surface area is 114 Å². The average molecular weight is 270 g/mol. The van der Waals surface area contributed by atoms with Crippen molar-refractivity contribution in [3.63, 3.8) is 0 Å². The van der Waals surface area contributed by atoms with Crippen LogP contribution in [0.5, 0.6) is 5.75 Å². The zero-order valence-corrected chi connectivity index (χ0v) is 11.7. The number of methoxy groups -OCH3 is 1. The highest BCUT2D eigenvalue weighted by molar-refractivity contribution is 6.18. The maximum atomic E-state index is 5.86. The van der Waals surface area contributed by atoms with Crippen molar-refractivity contribution in [2.75, 3.05) is 32.7 Å². The molecule has 2 rings (SSSR count). The van der Waals surface area contributed by atoms with Gasteiger partial charge in [-0.25, -0.2) is 0 Å². The van der Waals surface area contributed by atoms with Crippen LogP contribution in [0.2, 0.25) is 0 Å². The number of aryl methyl sites for hydroxylation is 1. The van der Waals surface area contributed by atoms with Gasteiger partial charge in [0.15, 0.2) is 0 Å². The number of halogens is 1. The summed E-state index contributed by atoms with van der Waals surface area (Å²) in [6, 6.07) is 6.29. The first-order valence-electron chi connectivity index (χ1n) is 6.26. The molecule has 3 nitrogen and oxygen atoms in total. The van der Waals surface area contributed by atoms with Crippen molar-refractivity contribution in [2.45, 2.75) is 19.6 Å². The molecule has 1 aliphatic rings. The summed E-state index contributed by atoms with van der Waals surface area (Å²) in [6.45, 7) is 5.59. The summed E-state index contributed by atoms with van der Waals surface area (Å²) in [5.74, 6) is 1.51. The predicted octanol–water partition coefficient (Wildman–Crippen LogP) is 2.44. The van der Waals surface area contributed by atoms with Gasteiger partial charge in [-0.2, -0.15) is 0 Å². The number of rotatable bonds is 4. The number of hydrogen-bond donors (Lipinski definition) is 0. The minimum Gasteiger partial charge on any atom is -0.496 e. The monoisotopic (exact) mass is 269 g/mol. The van der Waals surface area contributed by atoms with E-state index in [0.29, 0.717) is 5.88 Å². The van der Waals surface area contributed by atoms with Gasteiger partial charge >= 0.3 is 0 Å². The molecule has 0 aromatic heterocycles. The van der Waals surface area contributed by atoms with Gasteiger partial charge in [0.2, 0.25) is 0 Å². The standard InChI is InChI=1S/C14H20ClNO2/c1-11-3-4-14(17-2)12(7-11)9-16-5-6-18-13(8-15)10-16/h3-4,7,13H,5-6,8-10H2,1-2H3. The van der Waals surface area contributed by atoms with Crippen LogP contribution in [0.1, 0.15) is 11.1 Å². The van der Waals surface area contributed by atoms with E-state index >= 15 is 0 Å². The van der Waals surface area contributed by atoms with Crippen molar-refractivity contribution in [1.82, 2.24) is 4.90 Å². The molecule has 4 heteroatoms. The fraction of sp³-hybridized carbons (Fsp3) is 0.571. The SMILES string of the molecule is COc1ccc(C)cc1CN1CCOC(CCl)C1. The Balaban J connectivity index is 2.06. The van der Waals surface area contributed by atoms with Crippen LogP contribution in [0.4, 0.5) is 0 Å². The van der Waals surface area contributed by atoms with Gasteiger partial charge < -0.3 is 9.47 Å². The maximum absolute atomic E-state index is 5.86. The molecule has 1 aromatic rings. The van der Waals surface area contributed by atoms with E-state index in [1.165, 1.54) is 11.1 Å². The van der Waals surface area contributed by atoms with E-state index in [1.54, 1.807) is 7.11 Å². The van der Waals surface area contributed by atoms with E-state index in [0.717, 1.165) is 32.0 Å². The number of alkyl halides is 1. The highest BCUT2D eigenvalue weighted by Gasteiger charge is 2.20. The third-order valence-electron chi connectivity index (χ3n) is 3.22. The lowest BCUT2D eigenvalue weighted by molar-refractivity contribution is -0.0195. The molecule has 100 valence electrons. The summed E-state index contributed by atoms with van der Waals surface area (Å²) in [7, 11) is 1.72. The smallest absolute Gasteiger partial charge is 0.123 e. The zero-order chi connectivity index (χ0) is 13.0. The number of nitrogens with zero attached hydrogens (tertiary/aromatic N) is 1. The van der Waals surface area contributed by atoms with E-state index in [-0.39, 0.29) is 6.10 Å². The van der Waals surface area contributed by atoms with Gasteiger partial charge in [-0.1, -0.05) is 17.7 Å². The van der Waals surface area contributed by atoms with Crippen LogP contribution in [0.25, 0.3) is 0 Å². The van der Waals surface area contributed by atoms with Crippen LogP contribution in [-0.2, 0) is 11.3 Å². The highest BCUT2D eigenvalue weighted by atomic mass is 35.5. The van der Waals surface area contributed by atoms with E-state index in [4.69, 9.17) is 21.1 Å². The summed E-state index contributed by atoms with van der Waals surface area (Å²) in [5.41, 5.74) is 2.49. The van der Waals surface area contributed by atoms with Gasteiger partial charge in [0, 0.05) is 31.1 Å². The Bertz CT molecular complexity index is 397. The topological polar surface area (TPSA) is 21.7 Å². The third-order valence-corrected chi connectivity index (χ3v) is 3.57. The largest absolute Gasteiger partial charge is 0.496 e. The second-order valence-corrected chi connectivity index (χ2v) is 5.01. The second kappa shape index (κ2) is 6.41. The Morgan fingerprint density at radius 3 is 3.06 bits per heavy atom. The van der Waals surface area contributed by atoms with E-state index in [9.17, 15) is 0 Å². The minimum atomic E-state index is 0.149. The van der Waals surface area contributed by atoms with E-state index in [1.807, 2.05) is 6.07 Å². The zero-order valence-electron chi connectivity index (χ0n) is 11.0. The molecule has 0 radical (unpaired) electrons. The van der Waals surface area contributed by atoms with Crippen LogP contribution >= 0.6 is 11.6 Å². The Hall–Kier alpha value is -0.770. The molecule has 1 aliphatic heterocycles. The van der Waals surface area contributed by atoms with Gasteiger partial charge in [0.25, 0.3) is 0 Å². The first kappa shape index (κ1) is 13.7. The van der Waals surface area contributed by atoms with Crippen LogP contribution in [-0.4, -0.2) is 43.7 Å². The summed E-state index contributed by atoms with van der Waals surface area (Å²) >= 11 is 5.86. The molecule has 0 N–H and O–H groups in total. The van der Waals surface area contributed by atoms with Crippen molar-refractivity contribution >= 4 is 11.6 Å².